The normalized spacial score (nSPS) is 18.1. The molecule has 8 heteroatoms. The molecule has 0 aliphatic carbocycles. The van der Waals surface area contributed by atoms with Crippen molar-refractivity contribution in [3.8, 4) is 0 Å². The molecule has 28 heavy (non-hydrogen) atoms. The Morgan fingerprint density at radius 2 is 2.00 bits per heavy atom. The molecule has 1 aromatic carbocycles. The van der Waals surface area contributed by atoms with Gasteiger partial charge < -0.3 is 15.2 Å². The number of ether oxygens (including phenoxy) is 1. The van der Waals surface area contributed by atoms with Crippen molar-refractivity contribution >= 4 is 29.3 Å². The molecular weight excluding hydrogens is 382 g/mol. The molecule has 148 valence electrons. The quantitative estimate of drug-likeness (QED) is 0.735. The molecule has 2 N–H and O–H groups in total. The number of amides is 2. The molecule has 7 nitrogen and oxygen atoms in total. The number of carbonyl (C=O) groups is 2. The van der Waals surface area contributed by atoms with Gasteiger partial charge in [-0.25, -0.2) is 9.78 Å². The zero-order valence-electron chi connectivity index (χ0n) is 15.7. The molecule has 2 heterocycles. The van der Waals surface area contributed by atoms with E-state index in [1.807, 2.05) is 24.3 Å². The van der Waals surface area contributed by atoms with Crippen molar-refractivity contribution in [2.45, 2.75) is 38.5 Å². The van der Waals surface area contributed by atoms with Crippen LogP contribution < -0.4 is 5.32 Å². The summed E-state index contributed by atoms with van der Waals surface area (Å²) >= 11 is 5.73. The Morgan fingerprint density at radius 3 is 2.61 bits per heavy atom. The number of aromatic nitrogens is 1. The molecular formula is C20H22ClN3O4. The average Bonchev–Trinajstić information content (AvgIpc) is 2.96. The molecule has 1 atom stereocenters. The first-order valence-electron chi connectivity index (χ1n) is 8.94. The SMILES string of the molecule is CC1(C)OC[C@H](CCc2ccc(NC(=O)c3ccc(Cl)nc3)cc2)N1C(=O)O. The minimum atomic E-state index is -0.970. The summed E-state index contributed by atoms with van der Waals surface area (Å²) in [4.78, 5) is 29.0. The van der Waals surface area contributed by atoms with E-state index >= 15 is 0 Å². The van der Waals surface area contributed by atoms with Crippen molar-refractivity contribution in [2.24, 2.45) is 0 Å². The maximum atomic E-state index is 12.2. The molecule has 0 bridgehead atoms. The Balaban J connectivity index is 1.57. The number of halogens is 1. The predicted molar refractivity (Wildman–Crippen MR) is 106 cm³/mol. The molecule has 1 aliphatic rings. The molecule has 1 aromatic heterocycles. The van der Waals surface area contributed by atoms with E-state index in [-0.39, 0.29) is 11.9 Å². The van der Waals surface area contributed by atoms with E-state index in [1.165, 1.54) is 11.1 Å². The number of hydrogen-bond donors (Lipinski definition) is 2. The van der Waals surface area contributed by atoms with Crippen LogP contribution in [-0.2, 0) is 11.2 Å². The molecule has 0 radical (unpaired) electrons. The molecule has 1 aliphatic heterocycles. The van der Waals surface area contributed by atoms with Crippen LogP contribution in [0, 0.1) is 0 Å². The molecule has 1 saturated heterocycles. The summed E-state index contributed by atoms with van der Waals surface area (Å²) in [6.07, 6.45) is 1.83. The van der Waals surface area contributed by atoms with Crippen molar-refractivity contribution in [3.63, 3.8) is 0 Å². The first-order valence-corrected chi connectivity index (χ1v) is 9.32. The highest BCUT2D eigenvalue weighted by Gasteiger charge is 2.43. The van der Waals surface area contributed by atoms with E-state index in [1.54, 1.807) is 26.0 Å². The van der Waals surface area contributed by atoms with Crippen molar-refractivity contribution < 1.29 is 19.4 Å². The lowest BCUT2D eigenvalue weighted by atomic mass is 10.0. The summed E-state index contributed by atoms with van der Waals surface area (Å²) in [7, 11) is 0. The largest absolute Gasteiger partial charge is 0.465 e. The Labute approximate surface area is 168 Å². The number of hydrogen-bond acceptors (Lipinski definition) is 4. The van der Waals surface area contributed by atoms with Crippen LogP contribution in [0.1, 0.15) is 36.2 Å². The van der Waals surface area contributed by atoms with Gasteiger partial charge in [-0.3, -0.25) is 9.69 Å². The second kappa shape index (κ2) is 8.16. The van der Waals surface area contributed by atoms with Crippen molar-refractivity contribution in [2.75, 3.05) is 11.9 Å². The van der Waals surface area contributed by atoms with Crippen molar-refractivity contribution in [3.05, 3.63) is 58.9 Å². The summed E-state index contributed by atoms with van der Waals surface area (Å²) in [5, 5.41) is 12.6. The first-order chi connectivity index (χ1) is 13.3. The number of nitrogens with one attached hydrogen (secondary N) is 1. The molecule has 2 amide bonds. The van der Waals surface area contributed by atoms with Gasteiger partial charge in [0, 0.05) is 11.9 Å². The fraction of sp³-hybridized carbons (Fsp3) is 0.350. The number of benzene rings is 1. The van der Waals surface area contributed by atoms with Crippen LogP contribution in [0.15, 0.2) is 42.6 Å². The third kappa shape index (κ3) is 4.61. The van der Waals surface area contributed by atoms with E-state index in [0.717, 1.165) is 5.56 Å². The monoisotopic (exact) mass is 403 g/mol. The van der Waals surface area contributed by atoms with Gasteiger partial charge in [-0.1, -0.05) is 23.7 Å². The van der Waals surface area contributed by atoms with Crippen molar-refractivity contribution in [1.82, 2.24) is 9.88 Å². The molecule has 1 fully saturated rings. The molecule has 0 saturated carbocycles. The lowest BCUT2D eigenvalue weighted by Gasteiger charge is -2.30. The lowest BCUT2D eigenvalue weighted by Crippen LogP contribution is -2.47. The average molecular weight is 404 g/mol. The van der Waals surface area contributed by atoms with E-state index in [9.17, 15) is 14.7 Å². The fourth-order valence-corrected chi connectivity index (χ4v) is 3.40. The highest BCUT2D eigenvalue weighted by Crippen LogP contribution is 2.29. The van der Waals surface area contributed by atoms with Gasteiger partial charge in [0.05, 0.1) is 18.2 Å². The van der Waals surface area contributed by atoms with Crippen LogP contribution in [0.2, 0.25) is 5.15 Å². The minimum Gasteiger partial charge on any atom is -0.465 e. The summed E-state index contributed by atoms with van der Waals surface area (Å²) in [6.45, 7) is 3.91. The second-order valence-electron chi connectivity index (χ2n) is 7.12. The number of pyridine rings is 1. The van der Waals surface area contributed by atoms with Crippen LogP contribution in [0.5, 0.6) is 0 Å². The number of rotatable bonds is 5. The van der Waals surface area contributed by atoms with E-state index < -0.39 is 11.8 Å². The van der Waals surface area contributed by atoms with Gasteiger partial charge in [-0.05, 0) is 56.5 Å². The maximum Gasteiger partial charge on any atom is 0.409 e. The summed E-state index contributed by atoms with van der Waals surface area (Å²) < 4.78 is 5.61. The van der Waals surface area contributed by atoms with E-state index in [4.69, 9.17) is 16.3 Å². The first kappa shape index (κ1) is 20.1. The summed E-state index contributed by atoms with van der Waals surface area (Å²) in [6, 6.07) is 10.5. The van der Waals surface area contributed by atoms with Crippen LogP contribution >= 0.6 is 11.6 Å². The Morgan fingerprint density at radius 1 is 1.29 bits per heavy atom. The van der Waals surface area contributed by atoms with Gasteiger partial charge >= 0.3 is 6.09 Å². The van der Waals surface area contributed by atoms with Crippen LogP contribution in [0.4, 0.5) is 10.5 Å². The number of carboxylic acid groups (broad SMARTS) is 1. The maximum absolute atomic E-state index is 12.2. The van der Waals surface area contributed by atoms with E-state index in [0.29, 0.717) is 35.9 Å². The number of aryl methyl sites for hydroxylation is 1. The van der Waals surface area contributed by atoms with Gasteiger partial charge in [0.2, 0.25) is 0 Å². The number of nitrogens with zero attached hydrogens (tertiary/aromatic N) is 2. The van der Waals surface area contributed by atoms with Gasteiger partial charge in [0.1, 0.15) is 10.9 Å². The highest BCUT2D eigenvalue weighted by atomic mass is 35.5. The van der Waals surface area contributed by atoms with Gasteiger partial charge in [-0.2, -0.15) is 0 Å². The molecule has 2 aromatic rings. The lowest BCUT2D eigenvalue weighted by molar-refractivity contribution is -0.0421. The zero-order valence-corrected chi connectivity index (χ0v) is 16.4. The number of anilines is 1. The van der Waals surface area contributed by atoms with Crippen molar-refractivity contribution in [1.29, 1.82) is 0 Å². The highest BCUT2D eigenvalue weighted by molar-refractivity contribution is 6.29. The van der Waals surface area contributed by atoms with Gasteiger partial charge in [-0.15, -0.1) is 0 Å². The third-order valence-electron chi connectivity index (χ3n) is 4.75. The van der Waals surface area contributed by atoms with Crippen LogP contribution in [0.25, 0.3) is 0 Å². The Hall–Kier alpha value is -2.64. The predicted octanol–water partition coefficient (Wildman–Crippen LogP) is 4.03. The van der Waals surface area contributed by atoms with Crippen LogP contribution in [0.3, 0.4) is 0 Å². The fourth-order valence-electron chi connectivity index (χ4n) is 3.28. The Kier molecular flexibility index (Phi) is 5.86. The smallest absolute Gasteiger partial charge is 0.409 e. The van der Waals surface area contributed by atoms with Crippen LogP contribution in [-0.4, -0.2) is 45.4 Å². The summed E-state index contributed by atoms with van der Waals surface area (Å²) in [5.74, 6) is -0.264. The van der Waals surface area contributed by atoms with Gasteiger partial charge in [0.15, 0.2) is 0 Å². The second-order valence-corrected chi connectivity index (χ2v) is 7.51. The van der Waals surface area contributed by atoms with Gasteiger partial charge in [0.25, 0.3) is 5.91 Å². The molecule has 0 unspecified atom stereocenters. The number of carbonyl (C=O) groups excluding carboxylic acids is 1. The topological polar surface area (TPSA) is 91.8 Å². The molecule has 3 rings (SSSR count). The Bertz CT molecular complexity index is 853. The molecule has 0 spiro atoms. The van der Waals surface area contributed by atoms with E-state index in [2.05, 4.69) is 10.3 Å². The zero-order chi connectivity index (χ0) is 20.3. The third-order valence-corrected chi connectivity index (χ3v) is 4.97. The summed E-state index contributed by atoms with van der Waals surface area (Å²) in [5.41, 5.74) is 1.34. The standard InChI is InChI=1S/C20H22ClN3O4/c1-20(2)24(19(26)27)16(12-28-20)9-5-13-3-7-15(8-4-13)23-18(25)14-6-10-17(21)22-11-14/h3-4,6-8,10-11,16H,5,9,12H2,1-2H3,(H,23,25)(H,26,27)/t16-/m0/s1. The minimum absolute atomic E-state index is 0.177.